The summed E-state index contributed by atoms with van der Waals surface area (Å²) in [7, 11) is 0. The summed E-state index contributed by atoms with van der Waals surface area (Å²) in [4.78, 5) is 21.9. The molecule has 0 radical (unpaired) electrons. The second kappa shape index (κ2) is 5.18. The second-order valence-electron chi connectivity index (χ2n) is 4.32. The minimum Gasteiger partial charge on any atom is -0.397 e. The first-order valence-corrected chi connectivity index (χ1v) is 7.71. The van der Waals surface area contributed by atoms with Crippen molar-refractivity contribution in [2.45, 2.75) is 13.5 Å². The van der Waals surface area contributed by atoms with Gasteiger partial charge in [-0.3, -0.25) is 4.79 Å². The summed E-state index contributed by atoms with van der Waals surface area (Å²) < 4.78 is 0. The molecule has 0 atom stereocenters. The van der Waals surface area contributed by atoms with Gasteiger partial charge in [-0.15, -0.1) is 22.7 Å². The Morgan fingerprint density at radius 1 is 1.45 bits per heavy atom. The van der Waals surface area contributed by atoms with E-state index in [-0.39, 0.29) is 5.91 Å². The van der Waals surface area contributed by atoms with Crippen LogP contribution in [0.15, 0.2) is 23.2 Å². The van der Waals surface area contributed by atoms with Crippen LogP contribution in [0.2, 0.25) is 0 Å². The zero-order valence-corrected chi connectivity index (χ0v) is 12.3. The van der Waals surface area contributed by atoms with Crippen molar-refractivity contribution in [2.24, 2.45) is 0 Å². The van der Waals surface area contributed by atoms with E-state index in [4.69, 9.17) is 5.73 Å². The average molecular weight is 304 g/mol. The molecule has 1 amide bonds. The fraction of sp³-hybridized carbons (Fsp3) is 0.154. The van der Waals surface area contributed by atoms with E-state index in [1.165, 1.54) is 22.7 Å². The molecular formula is C13H12N4OS2. The number of thiazole rings is 1. The van der Waals surface area contributed by atoms with Crippen LogP contribution in [0.5, 0.6) is 0 Å². The second-order valence-corrected chi connectivity index (χ2v) is 6.03. The molecule has 3 aromatic rings. The highest BCUT2D eigenvalue weighted by atomic mass is 32.1. The summed E-state index contributed by atoms with van der Waals surface area (Å²) in [6.07, 6.45) is 1.73. The highest BCUT2D eigenvalue weighted by Gasteiger charge is 2.18. The number of nitrogens with two attached hydrogens (primary N) is 1. The van der Waals surface area contributed by atoms with Crippen molar-refractivity contribution in [3.8, 4) is 0 Å². The molecule has 102 valence electrons. The summed E-state index contributed by atoms with van der Waals surface area (Å²) in [6, 6.07) is 1.89. The van der Waals surface area contributed by atoms with Gasteiger partial charge in [0.2, 0.25) is 0 Å². The van der Waals surface area contributed by atoms with Crippen LogP contribution in [0.1, 0.15) is 20.9 Å². The maximum atomic E-state index is 12.2. The number of aromatic nitrogens is 2. The van der Waals surface area contributed by atoms with E-state index in [0.29, 0.717) is 17.1 Å². The van der Waals surface area contributed by atoms with E-state index < -0.39 is 0 Å². The fourth-order valence-electron chi connectivity index (χ4n) is 1.95. The van der Waals surface area contributed by atoms with Crippen LogP contribution < -0.4 is 11.1 Å². The number of aryl methyl sites for hydroxylation is 1. The van der Waals surface area contributed by atoms with Crippen LogP contribution in [-0.4, -0.2) is 15.9 Å². The molecule has 3 aromatic heterocycles. The van der Waals surface area contributed by atoms with E-state index in [9.17, 15) is 4.79 Å². The van der Waals surface area contributed by atoms with Gasteiger partial charge in [-0.1, -0.05) is 0 Å². The Bertz CT molecular complexity index is 764. The molecule has 5 nitrogen and oxygen atoms in total. The molecule has 0 saturated heterocycles. The minimum absolute atomic E-state index is 0.182. The van der Waals surface area contributed by atoms with Gasteiger partial charge in [-0.2, -0.15) is 0 Å². The van der Waals surface area contributed by atoms with E-state index in [1.54, 1.807) is 11.7 Å². The molecule has 0 aliphatic rings. The summed E-state index contributed by atoms with van der Waals surface area (Å²) in [5, 5.41) is 5.61. The molecule has 0 saturated carbocycles. The molecule has 0 fully saturated rings. The van der Waals surface area contributed by atoms with Gasteiger partial charge in [0.25, 0.3) is 5.91 Å². The summed E-state index contributed by atoms with van der Waals surface area (Å²) in [5.74, 6) is -0.182. The molecule has 3 rings (SSSR count). The van der Waals surface area contributed by atoms with Gasteiger partial charge >= 0.3 is 0 Å². The number of fused-ring (bicyclic) bond motifs is 1. The molecule has 0 spiro atoms. The standard InChI is InChI=1S/C13H12N4OS2/c1-7-2-3-15-13-9(7)10(14)11(20-13)12(18)16-4-8-5-19-6-17-8/h2-3,5-6H,4,14H2,1H3,(H,16,18). The van der Waals surface area contributed by atoms with Gasteiger partial charge < -0.3 is 11.1 Å². The topological polar surface area (TPSA) is 80.9 Å². The SMILES string of the molecule is Cc1ccnc2sc(C(=O)NCc3cscn3)c(N)c12. The monoisotopic (exact) mass is 304 g/mol. The van der Waals surface area contributed by atoms with E-state index >= 15 is 0 Å². The third-order valence-electron chi connectivity index (χ3n) is 2.96. The van der Waals surface area contributed by atoms with Crippen LogP contribution in [0.3, 0.4) is 0 Å². The van der Waals surface area contributed by atoms with Crippen molar-refractivity contribution in [3.05, 3.63) is 39.3 Å². The minimum atomic E-state index is -0.182. The molecule has 0 aliphatic heterocycles. The lowest BCUT2D eigenvalue weighted by atomic mass is 10.2. The number of anilines is 1. The number of nitrogens with zero attached hydrogens (tertiary/aromatic N) is 2. The van der Waals surface area contributed by atoms with Crippen LogP contribution in [0, 0.1) is 6.92 Å². The Hall–Kier alpha value is -1.99. The Kier molecular flexibility index (Phi) is 3.37. The van der Waals surface area contributed by atoms with E-state index in [2.05, 4.69) is 15.3 Å². The quantitative estimate of drug-likeness (QED) is 0.779. The van der Waals surface area contributed by atoms with Crippen LogP contribution in [0.4, 0.5) is 5.69 Å². The van der Waals surface area contributed by atoms with Crippen LogP contribution >= 0.6 is 22.7 Å². The lowest BCUT2D eigenvalue weighted by molar-refractivity contribution is 0.0955. The normalized spacial score (nSPS) is 10.8. The fourth-order valence-corrected chi connectivity index (χ4v) is 3.56. The van der Waals surface area contributed by atoms with Crippen molar-refractivity contribution in [1.29, 1.82) is 0 Å². The Morgan fingerprint density at radius 2 is 2.30 bits per heavy atom. The number of pyridine rings is 1. The number of carbonyl (C=O) groups excluding carboxylic acids is 1. The number of carbonyl (C=O) groups is 1. The smallest absolute Gasteiger partial charge is 0.263 e. The molecule has 0 aliphatic carbocycles. The van der Waals surface area contributed by atoms with Gasteiger partial charge in [0.15, 0.2) is 0 Å². The van der Waals surface area contributed by atoms with Gasteiger partial charge in [0, 0.05) is 17.0 Å². The third-order valence-corrected chi connectivity index (χ3v) is 4.70. The number of rotatable bonds is 3. The number of hydrogen-bond acceptors (Lipinski definition) is 6. The first-order chi connectivity index (χ1) is 9.66. The highest BCUT2D eigenvalue weighted by molar-refractivity contribution is 7.21. The molecular weight excluding hydrogens is 292 g/mol. The van der Waals surface area contributed by atoms with E-state index in [0.717, 1.165) is 21.5 Å². The zero-order chi connectivity index (χ0) is 14.1. The Balaban J connectivity index is 1.88. The van der Waals surface area contributed by atoms with Gasteiger partial charge in [0.05, 0.1) is 23.4 Å². The molecule has 20 heavy (non-hydrogen) atoms. The lowest BCUT2D eigenvalue weighted by Gasteiger charge is -2.02. The predicted molar refractivity (Wildman–Crippen MR) is 82.1 cm³/mol. The Labute approximate surface area is 123 Å². The van der Waals surface area contributed by atoms with Crippen molar-refractivity contribution in [2.75, 3.05) is 5.73 Å². The largest absolute Gasteiger partial charge is 0.397 e. The number of amides is 1. The maximum absolute atomic E-state index is 12.2. The highest BCUT2D eigenvalue weighted by Crippen LogP contribution is 2.34. The third kappa shape index (κ3) is 2.25. The first-order valence-electron chi connectivity index (χ1n) is 5.95. The van der Waals surface area contributed by atoms with Crippen LogP contribution in [0.25, 0.3) is 10.2 Å². The summed E-state index contributed by atoms with van der Waals surface area (Å²) >= 11 is 2.82. The van der Waals surface area contributed by atoms with Gasteiger partial charge in [-0.05, 0) is 18.6 Å². The molecule has 3 heterocycles. The van der Waals surface area contributed by atoms with Crippen molar-refractivity contribution >= 4 is 44.5 Å². The molecule has 0 aromatic carbocycles. The molecule has 3 N–H and O–H groups in total. The number of thiophene rings is 1. The first kappa shape index (κ1) is 13.0. The maximum Gasteiger partial charge on any atom is 0.263 e. The molecule has 0 unspecified atom stereocenters. The molecule has 0 bridgehead atoms. The van der Waals surface area contributed by atoms with Gasteiger partial charge in [-0.25, -0.2) is 9.97 Å². The lowest BCUT2D eigenvalue weighted by Crippen LogP contribution is -2.22. The van der Waals surface area contributed by atoms with Crippen LogP contribution in [-0.2, 0) is 6.54 Å². The van der Waals surface area contributed by atoms with E-state index in [1.807, 2.05) is 18.4 Å². The van der Waals surface area contributed by atoms with Crippen molar-refractivity contribution < 1.29 is 4.79 Å². The van der Waals surface area contributed by atoms with Gasteiger partial charge in [0.1, 0.15) is 9.71 Å². The Morgan fingerprint density at radius 3 is 3.00 bits per heavy atom. The number of nitrogens with one attached hydrogen (secondary N) is 1. The zero-order valence-electron chi connectivity index (χ0n) is 10.7. The average Bonchev–Trinajstić information content (AvgIpc) is 3.05. The molecule has 7 heteroatoms. The number of hydrogen-bond donors (Lipinski definition) is 2. The predicted octanol–water partition coefficient (Wildman–Crippen LogP) is 2.57. The summed E-state index contributed by atoms with van der Waals surface area (Å²) in [5.41, 5.74) is 10.2. The summed E-state index contributed by atoms with van der Waals surface area (Å²) in [6.45, 7) is 2.37. The number of nitrogen functional groups attached to an aromatic ring is 1. The van der Waals surface area contributed by atoms with Crippen molar-refractivity contribution in [3.63, 3.8) is 0 Å². The van der Waals surface area contributed by atoms with Crippen molar-refractivity contribution in [1.82, 2.24) is 15.3 Å².